The third-order valence-electron chi connectivity index (χ3n) is 4.35. The van der Waals surface area contributed by atoms with E-state index in [1.165, 1.54) is 0 Å². The van der Waals surface area contributed by atoms with E-state index in [4.69, 9.17) is 5.73 Å². The lowest BCUT2D eigenvalue weighted by atomic mass is 10.1. The molecule has 0 spiro atoms. The zero-order valence-corrected chi connectivity index (χ0v) is 13.6. The first-order valence-corrected chi connectivity index (χ1v) is 7.66. The van der Waals surface area contributed by atoms with Crippen LogP contribution in [-0.4, -0.2) is 64.8 Å². The molecule has 1 fully saturated rings. The summed E-state index contributed by atoms with van der Waals surface area (Å²) < 4.78 is 1.78. The van der Waals surface area contributed by atoms with E-state index in [0.717, 1.165) is 49.7 Å². The van der Waals surface area contributed by atoms with Crippen LogP contribution in [-0.2, 0) is 7.05 Å². The number of nitrogens with two attached hydrogens (primary N) is 1. The summed E-state index contributed by atoms with van der Waals surface area (Å²) in [4.78, 5) is 17.0. The minimum atomic E-state index is 0.115. The molecule has 6 heteroatoms. The van der Waals surface area contributed by atoms with Crippen molar-refractivity contribution in [3.63, 3.8) is 0 Å². The standard InChI is InChI=1S/C15H27N5O/c1-11(9-16)10-19-5-7-20(8-6-19)15(21)14-12(2)17-18(4)13(14)3/h11H,5-10,16H2,1-4H3. The van der Waals surface area contributed by atoms with Crippen molar-refractivity contribution >= 4 is 5.91 Å². The van der Waals surface area contributed by atoms with E-state index >= 15 is 0 Å². The highest BCUT2D eigenvalue weighted by Gasteiger charge is 2.26. The minimum absolute atomic E-state index is 0.115. The van der Waals surface area contributed by atoms with Gasteiger partial charge >= 0.3 is 0 Å². The lowest BCUT2D eigenvalue weighted by molar-refractivity contribution is 0.0620. The Balaban J connectivity index is 1.97. The van der Waals surface area contributed by atoms with Crippen LogP contribution in [0.1, 0.15) is 28.7 Å². The second-order valence-corrected chi connectivity index (χ2v) is 6.10. The van der Waals surface area contributed by atoms with Gasteiger partial charge in [0.1, 0.15) is 0 Å². The summed E-state index contributed by atoms with van der Waals surface area (Å²) in [6.07, 6.45) is 0. The quantitative estimate of drug-likeness (QED) is 0.872. The lowest BCUT2D eigenvalue weighted by Crippen LogP contribution is -2.50. The predicted octanol–water partition coefficient (Wildman–Crippen LogP) is 0.390. The molecule has 1 amide bonds. The van der Waals surface area contributed by atoms with Crippen LogP contribution in [0.2, 0.25) is 0 Å². The van der Waals surface area contributed by atoms with E-state index in [0.29, 0.717) is 12.5 Å². The number of amides is 1. The average molecular weight is 293 g/mol. The number of carbonyl (C=O) groups excluding carboxylic acids is 1. The molecule has 118 valence electrons. The monoisotopic (exact) mass is 293 g/mol. The zero-order valence-electron chi connectivity index (χ0n) is 13.6. The Hall–Kier alpha value is -1.40. The second kappa shape index (κ2) is 6.58. The molecule has 21 heavy (non-hydrogen) atoms. The Kier molecular flexibility index (Phi) is 5.00. The molecule has 2 rings (SSSR count). The van der Waals surface area contributed by atoms with Crippen molar-refractivity contribution < 1.29 is 4.79 Å². The molecule has 1 aromatic rings. The second-order valence-electron chi connectivity index (χ2n) is 6.10. The fourth-order valence-electron chi connectivity index (χ4n) is 2.89. The summed E-state index contributed by atoms with van der Waals surface area (Å²) >= 11 is 0. The lowest BCUT2D eigenvalue weighted by Gasteiger charge is -2.35. The number of hydrogen-bond donors (Lipinski definition) is 1. The first-order valence-electron chi connectivity index (χ1n) is 7.66. The molecule has 1 aliphatic heterocycles. The molecule has 1 atom stereocenters. The molecular formula is C15H27N5O. The van der Waals surface area contributed by atoms with Crippen LogP contribution in [0.4, 0.5) is 0 Å². The van der Waals surface area contributed by atoms with E-state index in [2.05, 4.69) is 16.9 Å². The SMILES string of the molecule is Cc1nn(C)c(C)c1C(=O)N1CCN(CC(C)CN)CC1. The van der Waals surface area contributed by atoms with E-state index in [9.17, 15) is 4.79 Å². The Labute approximate surface area is 126 Å². The van der Waals surface area contributed by atoms with Gasteiger partial charge in [0.25, 0.3) is 5.91 Å². The van der Waals surface area contributed by atoms with Crippen LogP contribution in [0.15, 0.2) is 0 Å². The first-order chi connectivity index (χ1) is 9.93. The third-order valence-corrected chi connectivity index (χ3v) is 4.35. The number of piperazine rings is 1. The fourth-order valence-corrected chi connectivity index (χ4v) is 2.89. The highest BCUT2D eigenvalue weighted by molar-refractivity contribution is 5.96. The van der Waals surface area contributed by atoms with Crippen molar-refractivity contribution in [2.45, 2.75) is 20.8 Å². The Morgan fingerprint density at radius 3 is 2.38 bits per heavy atom. The van der Waals surface area contributed by atoms with Crippen LogP contribution in [0.3, 0.4) is 0 Å². The maximum atomic E-state index is 12.7. The van der Waals surface area contributed by atoms with Gasteiger partial charge in [0.2, 0.25) is 0 Å². The summed E-state index contributed by atoms with van der Waals surface area (Å²) in [6, 6.07) is 0. The molecule has 1 unspecified atom stereocenters. The third kappa shape index (κ3) is 3.44. The topological polar surface area (TPSA) is 67.4 Å². The number of aryl methyl sites for hydroxylation is 2. The predicted molar refractivity (Wildman–Crippen MR) is 83.2 cm³/mol. The summed E-state index contributed by atoms with van der Waals surface area (Å²) in [6.45, 7) is 11.2. The van der Waals surface area contributed by atoms with Crippen molar-refractivity contribution in [3.8, 4) is 0 Å². The summed E-state index contributed by atoms with van der Waals surface area (Å²) in [5, 5.41) is 4.34. The van der Waals surface area contributed by atoms with Crippen LogP contribution in [0, 0.1) is 19.8 Å². The summed E-state index contributed by atoms with van der Waals surface area (Å²) in [5.41, 5.74) is 8.20. The Morgan fingerprint density at radius 1 is 1.29 bits per heavy atom. The smallest absolute Gasteiger partial charge is 0.257 e. The first kappa shape index (κ1) is 16.0. The molecule has 0 radical (unpaired) electrons. The van der Waals surface area contributed by atoms with Gasteiger partial charge in [0.05, 0.1) is 11.3 Å². The molecule has 2 N–H and O–H groups in total. The van der Waals surface area contributed by atoms with Gasteiger partial charge in [-0.1, -0.05) is 6.92 Å². The van der Waals surface area contributed by atoms with E-state index in [1.54, 1.807) is 4.68 Å². The number of aromatic nitrogens is 2. The maximum Gasteiger partial charge on any atom is 0.257 e. The van der Waals surface area contributed by atoms with Crippen LogP contribution < -0.4 is 5.73 Å². The normalized spacial score (nSPS) is 18.0. The van der Waals surface area contributed by atoms with Gasteiger partial charge in [0, 0.05) is 45.5 Å². The number of rotatable bonds is 4. The van der Waals surface area contributed by atoms with Crippen molar-refractivity contribution in [2.24, 2.45) is 18.7 Å². The molecule has 2 heterocycles. The Bertz CT molecular complexity index is 502. The van der Waals surface area contributed by atoms with Gasteiger partial charge in [-0.25, -0.2) is 0 Å². The van der Waals surface area contributed by atoms with Crippen LogP contribution in [0.5, 0.6) is 0 Å². The van der Waals surface area contributed by atoms with Crippen LogP contribution >= 0.6 is 0 Å². The molecular weight excluding hydrogens is 266 g/mol. The molecule has 1 aliphatic rings. The van der Waals surface area contributed by atoms with Crippen molar-refractivity contribution in [1.82, 2.24) is 19.6 Å². The van der Waals surface area contributed by atoms with Crippen molar-refractivity contribution in [3.05, 3.63) is 17.0 Å². The Morgan fingerprint density at radius 2 is 1.90 bits per heavy atom. The van der Waals surface area contributed by atoms with Gasteiger partial charge in [-0.15, -0.1) is 0 Å². The van der Waals surface area contributed by atoms with Crippen molar-refractivity contribution in [2.75, 3.05) is 39.3 Å². The molecule has 6 nitrogen and oxygen atoms in total. The van der Waals surface area contributed by atoms with Crippen molar-refractivity contribution in [1.29, 1.82) is 0 Å². The van der Waals surface area contributed by atoms with E-state index in [1.807, 2.05) is 25.8 Å². The average Bonchev–Trinajstić information content (AvgIpc) is 2.72. The molecule has 0 bridgehead atoms. The van der Waals surface area contributed by atoms with Gasteiger partial charge < -0.3 is 10.6 Å². The number of carbonyl (C=O) groups is 1. The van der Waals surface area contributed by atoms with Gasteiger partial charge in [-0.3, -0.25) is 14.4 Å². The summed E-state index contributed by atoms with van der Waals surface area (Å²) in [5.74, 6) is 0.625. The zero-order chi connectivity index (χ0) is 15.6. The van der Waals surface area contributed by atoms with Gasteiger partial charge in [-0.2, -0.15) is 5.10 Å². The molecule has 1 saturated heterocycles. The number of nitrogens with zero attached hydrogens (tertiary/aromatic N) is 4. The molecule has 0 saturated carbocycles. The molecule has 0 aromatic carbocycles. The van der Waals surface area contributed by atoms with E-state index < -0.39 is 0 Å². The van der Waals surface area contributed by atoms with E-state index in [-0.39, 0.29) is 5.91 Å². The fraction of sp³-hybridized carbons (Fsp3) is 0.733. The highest BCUT2D eigenvalue weighted by Crippen LogP contribution is 2.16. The summed E-state index contributed by atoms with van der Waals surface area (Å²) in [7, 11) is 1.88. The van der Waals surface area contributed by atoms with Crippen LogP contribution in [0.25, 0.3) is 0 Å². The minimum Gasteiger partial charge on any atom is -0.336 e. The molecule has 1 aromatic heterocycles. The highest BCUT2D eigenvalue weighted by atomic mass is 16.2. The molecule has 0 aliphatic carbocycles. The van der Waals surface area contributed by atoms with Gasteiger partial charge in [-0.05, 0) is 26.3 Å². The largest absolute Gasteiger partial charge is 0.336 e. The van der Waals surface area contributed by atoms with Gasteiger partial charge in [0.15, 0.2) is 0 Å². The number of hydrogen-bond acceptors (Lipinski definition) is 4. The maximum absolute atomic E-state index is 12.7.